The number of nitrogens with two attached hydrogens (primary N) is 1. The number of phenolic OH excluding ortho intramolecular Hbond substituents is 1. The zero-order valence-corrected chi connectivity index (χ0v) is 11.5. The van der Waals surface area contributed by atoms with E-state index in [1.807, 2.05) is 0 Å². The number of phenols is 1. The van der Waals surface area contributed by atoms with Crippen molar-refractivity contribution in [2.45, 2.75) is 12.5 Å². The molecule has 1 atom stereocenters. The quantitative estimate of drug-likeness (QED) is 0.641. The minimum absolute atomic E-state index is 0.125. The number of rotatable bonds is 2. The molecule has 3 rings (SSSR count). The van der Waals surface area contributed by atoms with Crippen molar-refractivity contribution in [3.05, 3.63) is 17.4 Å². The average molecular weight is 317 g/mol. The van der Waals surface area contributed by atoms with Crippen LogP contribution in [0.3, 0.4) is 0 Å². The van der Waals surface area contributed by atoms with E-state index >= 15 is 0 Å². The number of anilines is 1. The highest BCUT2D eigenvalue weighted by Gasteiger charge is 2.39. The van der Waals surface area contributed by atoms with Gasteiger partial charge in [-0.3, -0.25) is 4.79 Å². The van der Waals surface area contributed by atoms with E-state index in [2.05, 4.69) is 0 Å². The van der Waals surface area contributed by atoms with Crippen LogP contribution in [0.15, 0.2) is 6.07 Å². The Morgan fingerprint density at radius 1 is 1.57 bits per heavy atom. The molecule has 8 nitrogen and oxygen atoms in total. The van der Waals surface area contributed by atoms with Crippen LogP contribution in [0.4, 0.5) is 10.1 Å². The zero-order chi connectivity index (χ0) is 15.4. The van der Waals surface area contributed by atoms with Gasteiger partial charge in [0.1, 0.15) is 29.8 Å². The Kier molecular flexibility index (Phi) is 2.95. The molecule has 1 aromatic carbocycles. The van der Waals surface area contributed by atoms with Crippen molar-refractivity contribution in [3.63, 3.8) is 0 Å². The van der Waals surface area contributed by atoms with Crippen LogP contribution >= 0.6 is 0 Å². The number of ether oxygens (including phenoxy) is 1. The SMILES string of the molecule is NC[C@H]1Cc2c(cc(O)c(N3CC(=O)NS3(=O)=O)c2F)O1. The van der Waals surface area contributed by atoms with E-state index < -0.39 is 46.0 Å². The third-order valence-corrected chi connectivity index (χ3v) is 4.72. The highest BCUT2D eigenvalue weighted by atomic mass is 32.2. The molecule has 2 heterocycles. The van der Waals surface area contributed by atoms with E-state index in [9.17, 15) is 22.7 Å². The second kappa shape index (κ2) is 4.46. The van der Waals surface area contributed by atoms with E-state index in [-0.39, 0.29) is 24.3 Å². The van der Waals surface area contributed by atoms with Crippen molar-refractivity contribution in [2.75, 3.05) is 17.4 Å². The lowest BCUT2D eigenvalue weighted by Crippen LogP contribution is -2.30. The van der Waals surface area contributed by atoms with Crippen molar-refractivity contribution in [2.24, 2.45) is 5.73 Å². The number of fused-ring (bicyclic) bond motifs is 1. The van der Waals surface area contributed by atoms with Crippen molar-refractivity contribution >= 4 is 21.8 Å². The van der Waals surface area contributed by atoms with Crippen molar-refractivity contribution in [3.8, 4) is 11.5 Å². The molecule has 0 spiro atoms. The van der Waals surface area contributed by atoms with E-state index in [0.29, 0.717) is 4.31 Å². The number of hydrogen-bond donors (Lipinski definition) is 3. The number of hydrogen-bond acceptors (Lipinski definition) is 6. The molecule has 0 aliphatic carbocycles. The lowest BCUT2D eigenvalue weighted by Gasteiger charge is -2.18. The van der Waals surface area contributed by atoms with Gasteiger partial charge < -0.3 is 15.6 Å². The van der Waals surface area contributed by atoms with Crippen molar-refractivity contribution in [1.82, 2.24) is 4.72 Å². The largest absolute Gasteiger partial charge is 0.505 e. The summed E-state index contributed by atoms with van der Waals surface area (Å²) in [6.45, 7) is -0.432. The molecule has 21 heavy (non-hydrogen) atoms. The first-order valence-corrected chi connectivity index (χ1v) is 7.52. The molecular weight excluding hydrogens is 305 g/mol. The summed E-state index contributed by atoms with van der Waals surface area (Å²) in [5.41, 5.74) is 5.02. The minimum atomic E-state index is -4.20. The fourth-order valence-electron chi connectivity index (χ4n) is 2.40. The van der Waals surface area contributed by atoms with Crippen LogP contribution in [0.5, 0.6) is 11.5 Å². The maximum absolute atomic E-state index is 14.5. The number of amides is 1. The van der Waals surface area contributed by atoms with Crippen molar-refractivity contribution in [1.29, 1.82) is 0 Å². The molecule has 1 saturated heterocycles. The Morgan fingerprint density at radius 2 is 2.29 bits per heavy atom. The van der Waals surface area contributed by atoms with Gasteiger partial charge in [-0.1, -0.05) is 0 Å². The summed E-state index contributed by atoms with van der Waals surface area (Å²) in [6, 6.07) is 1.13. The Bertz CT molecular complexity index is 736. The van der Waals surface area contributed by atoms with Crippen molar-refractivity contribution < 1.29 is 27.4 Å². The smallest absolute Gasteiger partial charge is 0.326 e. The van der Waals surface area contributed by atoms with Gasteiger partial charge in [-0.2, -0.15) is 8.42 Å². The number of benzene rings is 1. The Hall–Kier alpha value is -2.07. The highest BCUT2D eigenvalue weighted by Crippen LogP contribution is 2.43. The maximum Gasteiger partial charge on any atom is 0.326 e. The summed E-state index contributed by atoms with van der Waals surface area (Å²) in [5.74, 6) is -2.23. The molecule has 1 amide bonds. The monoisotopic (exact) mass is 317 g/mol. The number of nitrogens with zero attached hydrogens (tertiary/aromatic N) is 1. The molecular formula is C11H12FN3O5S. The van der Waals surface area contributed by atoms with Gasteiger partial charge >= 0.3 is 10.2 Å². The van der Waals surface area contributed by atoms with Crippen LogP contribution in [-0.2, 0) is 21.4 Å². The Morgan fingerprint density at radius 3 is 2.86 bits per heavy atom. The topological polar surface area (TPSA) is 122 Å². The summed E-state index contributed by atoms with van der Waals surface area (Å²) in [6.07, 6.45) is -0.265. The molecule has 1 aromatic rings. The second-order valence-corrected chi connectivity index (χ2v) is 6.35. The minimum Gasteiger partial charge on any atom is -0.505 e. The van der Waals surface area contributed by atoms with Gasteiger partial charge in [0.2, 0.25) is 0 Å². The van der Waals surface area contributed by atoms with Gasteiger partial charge in [0.25, 0.3) is 5.91 Å². The maximum atomic E-state index is 14.5. The number of carbonyl (C=O) groups is 1. The molecule has 0 unspecified atom stereocenters. The van der Waals surface area contributed by atoms with Gasteiger partial charge in [0.05, 0.1) is 0 Å². The number of halogens is 1. The standard InChI is InChI=1S/C11H12FN3O5S/c12-10-6-1-5(3-13)20-8(6)2-7(16)11(10)15-4-9(17)14-21(15,18)19/h2,5,16H,1,3-4,13H2,(H,14,17)/t5-/m1/s1. The van der Waals surface area contributed by atoms with Gasteiger partial charge in [-0.05, 0) is 0 Å². The van der Waals surface area contributed by atoms with E-state index in [0.717, 1.165) is 6.07 Å². The Balaban J connectivity index is 2.12. The van der Waals surface area contributed by atoms with Crippen LogP contribution in [0.25, 0.3) is 0 Å². The second-order valence-electron chi connectivity index (χ2n) is 4.75. The predicted molar refractivity (Wildman–Crippen MR) is 69.6 cm³/mol. The van der Waals surface area contributed by atoms with E-state index in [1.54, 1.807) is 4.72 Å². The molecule has 0 saturated carbocycles. The molecule has 2 aliphatic rings. The number of carbonyl (C=O) groups excluding carboxylic acids is 1. The van der Waals surface area contributed by atoms with E-state index in [4.69, 9.17) is 10.5 Å². The number of aromatic hydroxyl groups is 1. The summed E-state index contributed by atoms with van der Waals surface area (Å²) in [5, 5.41) is 9.90. The van der Waals surface area contributed by atoms with Crippen LogP contribution in [0, 0.1) is 5.82 Å². The summed E-state index contributed by atoms with van der Waals surface area (Å²) >= 11 is 0. The van der Waals surface area contributed by atoms with Gasteiger partial charge in [-0.15, -0.1) is 0 Å². The molecule has 0 aromatic heterocycles. The molecule has 4 N–H and O–H groups in total. The first-order valence-electron chi connectivity index (χ1n) is 6.08. The molecule has 2 aliphatic heterocycles. The fourth-order valence-corrected chi connectivity index (χ4v) is 3.57. The average Bonchev–Trinajstić information content (AvgIpc) is 2.90. The van der Waals surface area contributed by atoms with Crippen LogP contribution < -0.4 is 19.5 Å². The van der Waals surface area contributed by atoms with Gasteiger partial charge in [-0.25, -0.2) is 13.4 Å². The molecule has 0 radical (unpaired) electrons. The van der Waals surface area contributed by atoms with Gasteiger partial charge in [0, 0.05) is 24.6 Å². The van der Waals surface area contributed by atoms with Gasteiger partial charge in [0.15, 0.2) is 5.82 Å². The van der Waals surface area contributed by atoms with Crippen LogP contribution in [0.1, 0.15) is 5.56 Å². The first kappa shape index (κ1) is 13.9. The molecule has 0 bridgehead atoms. The summed E-state index contributed by atoms with van der Waals surface area (Å²) in [7, 11) is -4.20. The number of nitrogens with one attached hydrogen (secondary N) is 1. The predicted octanol–water partition coefficient (Wildman–Crippen LogP) is -1.03. The third-order valence-electron chi connectivity index (χ3n) is 3.34. The van der Waals surface area contributed by atoms with Crippen LogP contribution in [0.2, 0.25) is 0 Å². The lowest BCUT2D eigenvalue weighted by atomic mass is 10.1. The summed E-state index contributed by atoms with van der Waals surface area (Å²) in [4.78, 5) is 11.2. The van der Waals surface area contributed by atoms with Crippen LogP contribution in [-0.4, -0.2) is 38.6 Å². The normalized spacial score (nSPS) is 22.9. The molecule has 10 heteroatoms. The fraction of sp³-hybridized carbons (Fsp3) is 0.364. The molecule has 114 valence electrons. The highest BCUT2D eigenvalue weighted by molar-refractivity contribution is 7.92. The molecule has 1 fully saturated rings. The zero-order valence-electron chi connectivity index (χ0n) is 10.7. The third kappa shape index (κ3) is 2.07. The van der Waals surface area contributed by atoms with E-state index in [1.165, 1.54) is 0 Å². The first-order chi connectivity index (χ1) is 9.83. The Labute approximate surface area is 119 Å². The summed E-state index contributed by atoms with van der Waals surface area (Å²) < 4.78 is 45.6. The lowest BCUT2D eigenvalue weighted by molar-refractivity contribution is -0.117.